The summed E-state index contributed by atoms with van der Waals surface area (Å²) in [5.74, 6) is -0.609. The number of ether oxygens (including phenoxy) is 1. The molecule has 0 aliphatic carbocycles. The molecule has 2 amide bonds. The lowest BCUT2D eigenvalue weighted by atomic mass is 10.1. The minimum atomic E-state index is -0.342. The Morgan fingerprint density at radius 2 is 1.63 bits per heavy atom. The number of thiophene rings is 1. The van der Waals surface area contributed by atoms with Crippen molar-refractivity contribution in [3.8, 4) is 0 Å². The Labute approximate surface area is 211 Å². The van der Waals surface area contributed by atoms with Crippen LogP contribution in [0.3, 0.4) is 0 Å². The maximum Gasteiger partial charge on any atom is 0.242 e. The van der Waals surface area contributed by atoms with E-state index in [2.05, 4.69) is 6.07 Å². The van der Waals surface area contributed by atoms with Crippen molar-refractivity contribution in [1.29, 1.82) is 0 Å². The number of carbonyl (C=O) groups excluding carboxylic acids is 2. The predicted molar refractivity (Wildman–Crippen MR) is 138 cm³/mol. The Kier molecular flexibility index (Phi) is 10.4. The third-order valence-electron chi connectivity index (χ3n) is 5.58. The minimum Gasteiger partial charge on any atom is -0.382 e. The molecule has 0 aliphatic rings. The van der Waals surface area contributed by atoms with Crippen LogP contribution in [0.5, 0.6) is 0 Å². The molecule has 1 heterocycles. The van der Waals surface area contributed by atoms with Crippen molar-refractivity contribution in [1.82, 2.24) is 9.80 Å². The van der Waals surface area contributed by atoms with Gasteiger partial charge in [-0.2, -0.15) is 0 Å². The van der Waals surface area contributed by atoms with Gasteiger partial charge in [-0.25, -0.2) is 4.39 Å². The van der Waals surface area contributed by atoms with Gasteiger partial charge in [-0.1, -0.05) is 42.5 Å². The quantitative estimate of drug-likeness (QED) is 0.305. The first kappa shape index (κ1) is 26.6. The van der Waals surface area contributed by atoms with Gasteiger partial charge in [-0.15, -0.1) is 11.3 Å². The monoisotopic (exact) mass is 496 g/mol. The zero-order chi connectivity index (χ0) is 25.0. The van der Waals surface area contributed by atoms with Crippen LogP contribution in [-0.2, 0) is 33.8 Å². The predicted octanol–water partition coefficient (Wildman–Crippen LogP) is 5.22. The third-order valence-corrected chi connectivity index (χ3v) is 6.57. The highest BCUT2D eigenvalue weighted by atomic mass is 32.1. The molecular formula is C28H33FN2O3S. The molecule has 5 nitrogen and oxygen atoms in total. The highest BCUT2D eigenvalue weighted by Crippen LogP contribution is 2.19. The number of benzene rings is 2. The van der Waals surface area contributed by atoms with Gasteiger partial charge in [0.15, 0.2) is 0 Å². The average molecular weight is 497 g/mol. The molecule has 0 unspecified atom stereocenters. The summed E-state index contributed by atoms with van der Waals surface area (Å²) in [6.07, 6.45) is 0.754. The van der Waals surface area contributed by atoms with Crippen LogP contribution in [0.15, 0.2) is 66.7 Å². The van der Waals surface area contributed by atoms with E-state index in [1.807, 2.05) is 50.2 Å². The summed E-state index contributed by atoms with van der Waals surface area (Å²) in [6.45, 7) is 6.47. The minimum absolute atomic E-state index is 0.0106. The highest BCUT2D eigenvalue weighted by Gasteiger charge is 2.22. The van der Waals surface area contributed by atoms with Crippen molar-refractivity contribution < 1.29 is 18.7 Å². The van der Waals surface area contributed by atoms with Gasteiger partial charge >= 0.3 is 0 Å². The number of hydrogen-bond acceptors (Lipinski definition) is 4. The summed E-state index contributed by atoms with van der Waals surface area (Å²) >= 11 is 1.67. The van der Waals surface area contributed by atoms with Gasteiger partial charge < -0.3 is 14.5 Å². The lowest BCUT2D eigenvalue weighted by Gasteiger charge is -2.28. The molecule has 0 bridgehead atoms. The lowest BCUT2D eigenvalue weighted by Crippen LogP contribution is -2.43. The van der Waals surface area contributed by atoms with Crippen molar-refractivity contribution in [2.24, 2.45) is 0 Å². The van der Waals surface area contributed by atoms with Crippen molar-refractivity contribution in [2.45, 2.75) is 39.8 Å². The molecule has 3 rings (SSSR count). The van der Waals surface area contributed by atoms with E-state index >= 15 is 0 Å². The Bertz CT molecular complexity index is 1070. The SMILES string of the molecule is CCOCCCN(CC(=O)N(Cc1ccccc1)Cc1ccc(C)s1)C(=O)Cc1ccc(F)cc1. The van der Waals surface area contributed by atoms with Crippen LogP contribution in [-0.4, -0.2) is 47.9 Å². The van der Waals surface area contributed by atoms with Crippen LogP contribution in [0.4, 0.5) is 4.39 Å². The van der Waals surface area contributed by atoms with E-state index in [1.54, 1.807) is 33.3 Å². The first-order valence-corrected chi connectivity index (χ1v) is 12.7. The van der Waals surface area contributed by atoms with Crippen molar-refractivity contribution in [2.75, 3.05) is 26.3 Å². The third kappa shape index (κ3) is 8.92. The van der Waals surface area contributed by atoms with Crippen LogP contribution >= 0.6 is 11.3 Å². The first-order valence-electron chi connectivity index (χ1n) is 11.9. The molecule has 0 fully saturated rings. The van der Waals surface area contributed by atoms with E-state index in [-0.39, 0.29) is 30.6 Å². The molecule has 7 heteroatoms. The molecule has 1 aromatic heterocycles. The van der Waals surface area contributed by atoms with E-state index in [0.717, 1.165) is 10.4 Å². The number of nitrogens with zero attached hydrogens (tertiary/aromatic N) is 2. The molecule has 2 aromatic carbocycles. The Morgan fingerprint density at radius 3 is 2.29 bits per heavy atom. The van der Waals surface area contributed by atoms with Crippen molar-refractivity contribution in [3.63, 3.8) is 0 Å². The number of rotatable bonds is 13. The molecule has 3 aromatic rings. The van der Waals surface area contributed by atoms with Gasteiger partial charge in [0.05, 0.1) is 19.5 Å². The largest absolute Gasteiger partial charge is 0.382 e. The lowest BCUT2D eigenvalue weighted by molar-refractivity contribution is -0.141. The van der Waals surface area contributed by atoms with Crippen LogP contribution in [0.2, 0.25) is 0 Å². The van der Waals surface area contributed by atoms with Gasteiger partial charge in [0.1, 0.15) is 5.82 Å². The second-order valence-electron chi connectivity index (χ2n) is 8.42. The molecule has 0 radical (unpaired) electrons. The summed E-state index contributed by atoms with van der Waals surface area (Å²) in [5.41, 5.74) is 1.75. The second-order valence-corrected chi connectivity index (χ2v) is 9.79. The van der Waals surface area contributed by atoms with E-state index in [4.69, 9.17) is 4.74 Å². The molecule has 186 valence electrons. The fraction of sp³-hybridized carbons (Fsp3) is 0.357. The average Bonchev–Trinajstić information content (AvgIpc) is 3.27. The maximum atomic E-state index is 13.5. The van der Waals surface area contributed by atoms with Crippen LogP contribution in [0, 0.1) is 12.7 Å². The highest BCUT2D eigenvalue weighted by molar-refractivity contribution is 7.11. The summed E-state index contributed by atoms with van der Waals surface area (Å²) < 4.78 is 18.7. The standard InChI is InChI=1S/C28H33FN2O3S/c1-3-34-17-7-16-30(27(32)18-23-11-13-25(29)14-12-23)21-28(33)31(19-24-8-5-4-6-9-24)20-26-15-10-22(2)35-26/h4-6,8-15H,3,7,16-21H2,1-2H3. The Hall–Kier alpha value is -3.03. The second kappa shape index (κ2) is 13.8. The van der Waals surface area contributed by atoms with Gasteiger partial charge in [0.2, 0.25) is 11.8 Å². The Balaban J connectivity index is 1.74. The van der Waals surface area contributed by atoms with E-state index in [1.165, 1.54) is 17.0 Å². The molecular weight excluding hydrogens is 463 g/mol. The normalized spacial score (nSPS) is 10.8. The number of hydrogen-bond donors (Lipinski definition) is 0. The summed E-state index contributed by atoms with van der Waals surface area (Å²) in [7, 11) is 0. The summed E-state index contributed by atoms with van der Waals surface area (Å²) in [6, 6.07) is 19.9. The maximum absolute atomic E-state index is 13.5. The summed E-state index contributed by atoms with van der Waals surface area (Å²) in [5, 5.41) is 0. The Morgan fingerprint density at radius 1 is 0.886 bits per heavy atom. The number of carbonyl (C=O) groups is 2. The van der Waals surface area contributed by atoms with Crippen LogP contribution < -0.4 is 0 Å². The fourth-order valence-corrected chi connectivity index (χ4v) is 4.65. The van der Waals surface area contributed by atoms with E-state index in [0.29, 0.717) is 44.8 Å². The van der Waals surface area contributed by atoms with Crippen molar-refractivity contribution in [3.05, 3.63) is 93.4 Å². The van der Waals surface area contributed by atoms with Crippen molar-refractivity contribution >= 4 is 23.2 Å². The van der Waals surface area contributed by atoms with Crippen LogP contribution in [0.1, 0.15) is 34.2 Å². The van der Waals surface area contributed by atoms with E-state index < -0.39 is 0 Å². The summed E-state index contributed by atoms with van der Waals surface area (Å²) in [4.78, 5) is 32.4. The van der Waals surface area contributed by atoms with Crippen LogP contribution in [0.25, 0.3) is 0 Å². The topological polar surface area (TPSA) is 49.9 Å². The number of amides is 2. The molecule has 0 N–H and O–H groups in total. The molecule has 35 heavy (non-hydrogen) atoms. The molecule has 0 saturated heterocycles. The molecule has 0 saturated carbocycles. The smallest absolute Gasteiger partial charge is 0.242 e. The molecule has 0 atom stereocenters. The van der Waals surface area contributed by atoms with Gasteiger partial charge in [-0.3, -0.25) is 9.59 Å². The van der Waals surface area contributed by atoms with Gasteiger partial charge in [-0.05, 0) is 55.7 Å². The molecule has 0 spiro atoms. The van der Waals surface area contributed by atoms with E-state index in [9.17, 15) is 14.0 Å². The van der Waals surface area contributed by atoms with Gasteiger partial charge in [0, 0.05) is 36.1 Å². The zero-order valence-corrected chi connectivity index (χ0v) is 21.2. The number of halogens is 1. The fourth-order valence-electron chi connectivity index (χ4n) is 3.74. The van der Waals surface area contributed by atoms with Gasteiger partial charge in [0.25, 0.3) is 0 Å². The molecule has 0 aliphatic heterocycles. The zero-order valence-electron chi connectivity index (χ0n) is 20.4. The first-order chi connectivity index (χ1) is 16.9. The number of aryl methyl sites for hydroxylation is 1.